The number of fused-ring (bicyclic) bond motifs is 1. The number of carbonyl (C=O) groups is 4. The monoisotopic (exact) mass is 489 g/mol. The largest absolute Gasteiger partial charge is 0.508 e. The van der Waals surface area contributed by atoms with Crippen molar-refractivity contribution in [2.75, 3.05) is 24.3 Å². The third-order valence-electron chi connectivity index (χ3n) is 5.66. The maximum Gasteiger partial charge on any atom is 0.352 e. The molecule has 0 bridgehead atoms. The molecule has 33 heavy (non-hydrogen) atoms. The number of phenols is 1. The first-order valence-corrected chi connectivity index (χ1v) is 12.7. The average molecular weight is 490 g/mol. The lowest BCUT2D eigenvalue weighted by Crippen LogP contribution is -2.70. The Morgan fingerprint density at radius 3 is 2.67 bits per heavy atom. The number of hydrogen-bond acceptors (Lipinski definition) is 7. The Labute approximate surface area is 198 Å². The second-order valence-electron chi connectivity index (χ2n) is 7.88. The summed E-state index contributed by atoms with van der Waals surface area (Å²) < 4.78 is 0. The first-order chi connectivity index (χ1) is 15.8. The highest BCUT2D eigenvalue weighted by molar-refractivity contribution is 8.00. The van der Waals surface area contributed by atoms with Gasteiger partial charge in [-0.3, -0.25) is 19.3 Å². The molecule has 174 valence electrons. The summed E-state index contributed by atoms with van der Waals surface area (Å²) in [4.78, 5) is 52.3. The maximum atomic E-state index is 12.9. The van der Waals surface area contributed by atoms with Crippen molar-refractivity contribution < 1.29 is 29.4 Å². The SMILES string of the molecule is CSCC(=O)N[C@@H]1C(=O)N2C(C(=O)O)=C(C=C3CCN(Cc4ccc(O)cc4)C3=O)CS[C@H]12. The lowest BCUT2D eigenvalue weighted by molar-refractivity contribution is -0.150. The number of amides is 3. The van der Waals surface area contributed by atoms with Gasteiger partial charge in [0.2, 0.25) is 11.8 Å². The number of β-lactam (4-membered cyclic amide) rings is 1. The molecule has 3 N–H and O–H groups in total. The van der Waals surface area contributed by atoms with Crippen LogP contribution in [0.2, 0.25) is 0 Å². The van der Waals surface area contributed by atoms with Crippen molar-refractivity contribution in [2.45, 2.75) is 24.4 Å². The molecule has 2 saturated heterocycles. The molecule has 9 nitrogen and oxygen atoms in total. The number of rotatable bonds is 7. The molecular weight excluding hydrogens is 466 g/mol. The van der Waals surface area contributed by atoms with Gasteiger partial charge in [-0.15, -0.1) is 11.8 Å². The number of hydrogen-bond donors (Lipinski definition) is 3. The number of carbonyl (C=O) groups excluding carboxylic acids is 3. The van der Waals surface area contributed by atoms with E-state index in [2.05, 4.69) is 5.32 Å². The third-order valence-corrected chi connectivity index (χ3v) is 7.52. The van der Waals surface area contributed by atoms with Crippen LogP contribution in [0.25, 0.3) is 0 Å². The van der Waals surface area contributed by atoms with Gasteiger partial charge >= 0.3 is 5.97 Å². The molecule has 0 saturated carbocycles. The van der Waals surface area contributed by atoms with Crippen molar-refractivity contribution in [3.05, 3.63) is 52.7 Å². The summed E-state index contributed by atoms with van der Waals surface area (Å²) in [5.74, 6) is -1.44. The van der Waals surface area contributed by atoms with Crippen LogP contribution in [-0.2, 0) is 25.7 Å². The van der Waals surface area contributed by atoms with E-state index in [9.17, 15) is 29.4 Å². The highest BCUT2D eigenvalue weighted by Gasteiger charge is 2.54. The minimum atomic E-state index is -1.24. The Bertz CT molecular complexity index is 1070. The predicted molar refractivity (Wildman–Crippen MR) is 124 cm³/mol. The van der Waals surface area contributed by atoms with Crippen LogP contribution in [0.3, 0.4) is 0 Å². The number of allylic oxidation sites excluding steroid dienone is 1. The molecule has 2 fully saturated rings. The highest BCUT2D eigenvalue weighted by Crippen LogP contribution is 2.41. The second-order valence-corrected chi connectivity index (χ2v) is 9.85. The van der Waals surface area contributed by atoms with Crippen LogP contribution in [-0.4, -0.2) is 79.4 Å². The van der Waals surface area contributed by atoms with Crippen LogP contribution < -0.4 is 5.32 Å². The fourth-order valence-corrected chi connectivity index (χ4v) is 5.74. The highest BCUT2D eigenvalue weighted by atomic mass is 32.2. The standard InChI is InChI=1S/C22H23N3O6S2/c1-32-11-16(27)23-17-20(29)25-18(22(30)31)14(10-33-21(17)25)8-13-6-7-24(19(13)28)9-12-2-4-15(26)5-3-12/h2-5,8,17,21,26H,6-7,9-11H2,1H3,(H,23,27)(H,30,31)/t17-,21-/m1/s1. The van der Waals surface area contributed by atoms with Crippen molar-refractivity contribution in [1.82, 2.24) is 15.1 Å². The molecule has 0 aliphatic carbocycles. The van der Waals surface area contributed by atoms with Gasteiger partial charge < -0.3 is 20.4 Å². The van der Waals surface area contributed by atoms with E-state index in [-0.39, 0.29) is 29.0 Å². The molecule has 0 aromatic heterocycles. The number of carboxylic acid groups (broad SMARTS) is 1. The van der Waals surface area contributed by atoms with E-state index in [0.29, 0.717) is 36.4 Å². The van der Waals surface area contributed by atoms with Crippen LogP contribution in [0.4, 0.5) is 0 Å². The Morgan fingerprint density at radius 1 is 1.27 bits per heavy atom. The minimum Gasteiger partial charge on any atom is -0.508 e. The molecule has 3 aliphatic rings. The lowest BCUT2D eigenvalue weighted by atomic mass is 10.0. The van der Waals surface area contributed by atoms with Crippen LogP contribution >= 0.6 is 23.5 Å². The van der Waals surface area contributed by atoms with E-state index in [1.165, 1.54) is 28.4 Å². The molecule has 4 rings (SSSR count). The molecule has 2 atom stereocenters. The number of phenolic OH excluding ortho intramolecular Hbond substituents is 1. The number of likely N-dealkylation sites (tertiary alicyclic amines) is 1. The summed E-state index contributed by atoms with van der Waals surface area (Å²) in [5.41, 5.74) is 1.67. The molecule has 3 aliphatic heterocycles. The van der Waals surface area contributed by atoms with Gasteiger partial charge in [-0.25, -0.2) is 4.79 Å². The Morgan fingerprint density at radius 2 is 2.00 bits per heavy atom. The number of aliphatic carboxylic acids is 1. The van der Waals surface area contributed by atoms with Gasteiger partial charge in [0, 0.05) is 24.4 Å². The number of benzene rings is 1. The zero-order valence-corrected chi connectivity index (χ0v) is 19.4. The van der Waals surface area contributed by atoms with E-state index in [1.54, 1.807) is 41.5 Å². The molecule has 3 heterocycles. The number of aromatic hydroxyl groups is 1. The Balaban J connectivity index is 1.51. The first-order valence-electron chi connectivity index (χ1n) is 10.3. The van der Waals surface area contributed by atoms with E-state index in [1.807, 2.05) is 0 Å². The summed E-state index contributed by atoms with van der Waals surface area (Å²) in [6.07, 6.45) is 3.85. The van der Waals surface area contributed by atoms with Crippen molar-refractivity contribution in [3.63, 3.8) is 0 Å². The first kappa shape index (κ1) is 23.2. The number of carboxylic acids is 1. The van der Waals surface area contributed by atoms with Gasteiger partial charge in [0.25, 0.3) is 5.91 Å². The van der Waals surface area contributed by atoms with Gasteiger partial charge in [0.1, 0.15) is 22.9 Å². The van der Waals surface area contributed by atoms with Crippen LogP contribution in [0, 0.1) is 0 Å². The van der Waals surface area contributed by atoms with Crippen LogP contribution in [0.5, 0.6) is 5.75 Å². The fourth-order valence-electron chi connectivity index (χ4n) is 4.08. The zero-order chi connectivity index (χ0) is 23.7. The average Bonchev–Trinajstić information content (AvgIpc) is 3.12. The molecular formula is C22H23N3O6S2. The summed E-state index contributed by atoms with van der Waals surface area (Å²) in [6, 6.07) is 5.88. The fraction of sp³-hybridized carbons (Fsp3) is 0.364. The maximum absolute atomic E-state index is 12.9. The molecule has 1 aromatic carbocycles. The van der Waals surface area contributed by atoms with Crippen molar-refractivity contribution in [2.24, 2.45) is 0 Å². The molecule has 11 heteroatoms. The van der Waals surface area contributed by atoms with E-state index >= 15 is 0 Å². The smallest absolute Gasteiger partial charge is 0.352 e. The van der Waals surface area contributed by atoms with Gasteiger partial charge in [0.15, 0.2) is 0 Å². The zero-order valence-electron chi connectivity index (χ0n) is 17.8. The molecule has 0 spiro atoms. The summed E-state index contributed by atoms with van der Waals surface area (Å²) in [6.45, 7) is 0.892. The predicted octanol–water partition coefficient (Wildman–Crippen LogP) is 1.15. The molecule has 0 radical (unpaired) electrons. The molecule has 0 unspecified atom stereocenters. The second kappa shape index (κ2) is 9.52. The lowest BCUT2D eigenvalue weighted by Gasteiger charge is -2.49. The van der Waals surface area contributed by atoms with Crippen molar-refractivity contribution in [1.29, 1.82) is 0 Å². The third kappa shape index (κ3) is 4.60. The quantitative estimate of drug-likeness (QED) is 0.385. The van der Waals surface area contributed by atoms with E-state index in [0.717, 1.165) is 5.56 Å². The van der Waals surface area contributed by atoms with Crippen molar-refractivity contribution in [3.8, 4) is 5.75 Å². The topological polar surface area (TPSA) is 127 Å². The van der Waals surface area contributed by atoms with Crippen LogP contribution in [0.1, 0.15) is 12.0 Å². The van der Waals surface area contributed by atoms with E-state index < -0.39 is 23.3 Å². The van der Waals surface area contributed by atoms with Gasteiger partial charge in [-0.1, -0.05) is 12.1 Å². The number of nitrogens with one attached hydrogen (secondary N) is 1. The summed E-state index contributed by atoms with van der Waals surface area (Å²) in [5, 5.41) is 21.4. The molecule has 3 amide bonds. The Hall–Kier alpha value is -2.92. The minimum absolute atomic E-state index is 0.128. The number of nitrogens with zero attached hydrogens (tertiary/aromatic N) is 2. The summed E-state index contributed by atoms with van der Waals surface area (Å²) >= 11 is 2.71. The van der Waals surface area contributed by atoms with Crippen LogP contribution in [0.15, 0.2) is 47.2 Å². The molecule has 1 aromatic rings. The summed E-state index contributed by atoms with van der Waals surface area (Å²) in [7, 11) is 0. The Kier molecular flexibility index (Phi) is 6.71. The number of thioether (sulfide) groups is 2. The van der Waals surface area contributed by atoms with E-state index in [4.69, 9.17) is 0 Å². The van der Waals surface area contributed by atoms with Crippen molar-refractivity contribution >= 4 is 47.2 Å². The van der Waals surface area contributed by atoms with Gasteiger partial charge in [-0.2, -0.15) is 11.8 Å². The van der Waals surface area contributed by atoms with Gasteiger partial charge in [-0.05, 0) is 42.0 Å². The normalized spacial score (nSPS) is 23.6. The van der Waals surface area contributed by atoms with Gasteiger partial charge in [0.05, 0.1) is 5.75 Å².